The highest BCUT2D eigenvalue weighted by Gasteiger charge is 2.25. The van der Waals surface area contributed by atoms with E-state index in [1.807, 2.05) is 60.8 Å². The zero-order chi connectivity index (χ0) is 18.4. The van der Waals surface area contributed by atoms with Crippen LogP contribution in [0.4, 0.5) is 10.1 Å². The summed E-state index contributed by atoms with van der Waals surface area (Å²) < 4.78 is 21.2. The largest absolute Gasteiger partial charge is 0.355 e. The van der Waals surface area contributed by atoms with Crippen molar-refractivity contribution >= 4 is 33.9 Å². The fourth-order valence-corrected chi connectivity index (χ4v) is 3.35. The second kappa shape index (κ2) is 6.18. The predicted octanol–water partition coefficient (Wildman–Crippen LogP) is 5.95. The van der Waals surface area contributed by atoms with Gasteiger partial charge in [0.1, 0.15) is 11.3 Å². The summed E-state index contributed by atoms with van der Waals surface area (Å²) in [4.78, 5) is 0. The Balaban J connectivity index is 1.62. The van der Waals surface area contributed by atoms with Crippen LogP contribution in [0.1, 0.15) is 5.56 Å². The number of aromatic nitrogens is 1. The third kappa shape index (κ3) is 2.75. The lowest BCUT2D eigenvalue weighted by atomic mass is 10.0. The van der Waals surface area contributed by atoms with Crippen LogP contribution in [0.2, 0.25) is 5.02 Å². The molecule has 130 valence electrons. The summed E-state index contributed by atoms with van der Waals surface area (Å²) in [5.74, 6) is 0.256. The maximum atomic E-state index is 13.6. The van der Waals surface area contributed by atoms with Crippen LogP contribution in [-0.4, -0.2) is 15.4 Å². The first-order valence-corrected chi connectivity index (χ1v) is 8.82. The van der Waals surface area contributed by atoms with Crippen LogP contribution in [0.25, 0.3) is 22.2 Å². The van der Waals surface area contributed by atoms with Crippen LogP contribution < -0.4 is 0 Å². The van der Waals surface area contributed by atoms with Crippen molar-refractivity contribution in [1.29, 1.82) is 0 Å². The molecule has 3 nitrogen and oxygen atoms in total. The summed E-state index contributed by atoms with van der Waals surface area (Å²) in [5, 5.41) is 5.66. The number of hydrogen-bond donors (Lipinski definition) is 0. The maximum absolute atomic E-state index is 13.6. The smallest absolute Gasteiger partial charge is 0.224 e. The quantitative estimate of drug-likeness (QED) is 0.414. The van der Waals surface area contributed by atoms with E-state index in [0.717, 1.165) is 27.9 Å². The van der Waals surface area contributed by atoms with Gasteiger partial charge in [0.25, 0.3) is 0 Å². The summed E-state index contributed by atoms with van der Waals surface area (Å²) in [5.41, 5.74) is 4.53. The molecule has 3 aromatic carbocycles. The number of nitrogens with zero attached hydrogens (tertiary/aromatic N) is 2. The van der Waals surface area contributed by atoms with Crippen LogP contribution in [0.5, 0.6) is 0 Å². The molecule has 0 saturated heterocycles. The molecule has 0 radical (unpaired) electrons. The number of benzene rings is 3. The lowest BCUT2D eigenvalue weighted by Gasteiger charge is -2.09. The van der Waals surface area contributed by atoms with E-state index in [1.54, 1.807) is 6.07 Å². The van der Waals surface area contributed by atoms with E-state index in [1.165, 1.54) is 12.1 Å². The summed E-state index contributed by atoms with van der Waals surface area (Å²) in [6.45, 7) is 0. The summed E-state index contributed by atoms with van der Waals surface area (Å²) in [6.07, 6.45) is 4.05. The zero-order valence-corrected chi connectivity index (χ0v) is 14.8. The molecule has 1 aliphatic heterocycles. The molecule has 0 N–H and O–H groups in total. The van der Waals surface area contributed by atoms with Gasteiger partial charge in [-0.3, -0.25) is 0 Å². The molecule has 5 rings (SSSR count). The van der Waals surface area contributed by atoms with Crippen molar-refractivity contribution in [1.82, 2.24) is 5.16 Å². The van der Waals surface area contributed by atoms with Crippen LogP contribution in [0.3, 0.4) is 0 Å². The molecule has 0 saturated carbocycles. The van der Waals surface area contributed by atoms with E-state index in [9.17, 15) is 4.39 Å². The van der Waals surface area contributed by atoms with Crippen molar-refractivity contribution in [2.24, 2.45) is 0 Å². The van der Waals surface area contributed by atoms with E-state index in [2.05, 4.69) is 9.73 Å². The second-order valence-corrected chi connectivity index (χ2v) is 6.74. The summed E-state index contributed by atoms with van der Waals surface area (Å²) in [7, 11) is 0. The number of hydrogen-bond acceptors (Lipinski definition) is 2. The Labute approximate surface area is 159 Å². The molecule has 0 unspecified atom stereocenters. The van der Waals surface area contributed by atoms with Crippen molar-refractivity contribution in [2.75, 3.05) is 0 Å². The van der Waals surface area contributed by atoms with E-state index >= 15 is 0 Å². The van der Waals surface area contributed by atoms with Gasteiger partial charge >= 0.3 is 0 Å². The van der Waals surface area contributed by atoms with Gasteiger partial charge in [0.05, 0.1) is 11.5 Å². The number of rotatable bonds is 3. The number of fused-ring (bicyclic) bond motifs is 1. The average molecular weight is 376 g/mol. The Morgan fingerprint density at radius 3 is 2.52 bits per heavy atom. The molecule has 0 amide bonds. The fraction of sp³-hybridized carbons (Fsp3) is 0. The van der Waals surface area contributed by atoms with Crippen molar-refractivity contribution < 1.29 is 13.5 Å². The number of halogens is 2. The monoisotopic (exact) mass is 375 g/mol. The molecule has 0 bridgehead atoms. The highest BCUT2D eigenvalue weighted by atomic mass is 35.5. The van der Waals surface area contributed by atoms with Crippen LogP contribution >= 0.6 is 11.6 Å². The third-order valence-corrected chi connectivity index (χ3v) is 4.86. The lowest BCUT2D eigenvalue weighted by molar-refractivity contribution is -0.370. The first kappa shape index (κ1) is 16.0. The second-order valence-electron chi connectivity index (χ2n) is 6.30. The normalized spacial score (nSPS) is 13.3. The van der Waals surface area contributed by atoms with Gasteiger partial charge in [-0.15, -0.1) is 0 Å². The SMILES string of the molecule is Fc1cccc(-c2onc3ccc(C4=[N+](c5ccc(Cl)cc5)C=C4)cc23)c1. The Morgan fingerprint density at radius 1 is 0.926 bits per heavy atom. The highest BCUT2D eigenvalue weighted by Crippen LogP contribution is 2.31. The van der Waals surface area contributed by atoms with Crippen LogP contribution in [0.15, 0.2) is 83.5 Å². The van der Waals surface area contributed by atoms with E-state index in [-0.39, 0.29) is 5.82 Å². The lowest BCUT2D eigenvalue weighted by Crippen LogP contribution is -2.19. The predicted molar refractivity (Wildman–Crippen MR) is 104 cm³/mol. The third-order valence-electron chi connectivity index (χ3n) is 4.60. The van der Waals surface area contributed by atoms with Gasteiger partial charge in [-0.2, -0.15) is 4.58 Å². The molecule has 4 aromatic rings. The zero-order valence-electron chi connectivity index (χ0n) is 14.1. The Kier molecular flexibility index (Phi) is 3.66. The number of allylic oxidation sites excluding steroid dienone is 1. The van der Waals surface area contributed by atoms with Gasteiger partial charge < -0.3 is 4.52 Å². The minimum absolute atomic E-state index is 0.307. The summed E-state index contributed by atoms with van der Waals surface area (Å²) >= 11 is 5.98. The highest BCUT2D eigenvalue weighted by molar-refractivity contribution is 6.30. The Bertz CT molecular complexity index is 1240. The molecule has 0 atom stereocenters. The minimum Gasteiger partial charge on any atom is -0.355 e. The Morgan fingerprint density at radius 2 is 1.78 bits per heavy atom. The van der Waals surface area contributed by atoms with Crippen LogP contribution in [-0.2, 0) is 0 Å². The molecule has 1 aromatic heterocycles. The van der Waals surface area contributed by atoms with E-state index < -0.39 is 0 Å². The molecular weight excluding hydrogens is 363 g/mol. The van der Waals surface area contributed by atoms with E-state index in [4.69, 9.17) is 16.1 Å². The molecule has 5 heteroatoms. The van der Waals surface area contributed by atoms with Gasteiger partial charge in [0, 0.05) is 28.3 Å². The molecule has 0 fully saturated rings. The van der Waals surface area contributed by atoms with Crippen LogP contribution in [0, 0.1) is 5.82 Å². The first-order chi connectivity index (χ1) is 13.2. The molecular formula is C22H13ClFN2O+. The standard InChI is InChI=1S/C22H13ClFN2O/c23-16-5-7-18(8-6-16)26-11-10-21(26)14-4-9-20-19(13-14)22(27-25-20)15-2-1-3-17(24)12-15/h1-13H/q+1. The van der Waals surface area contributed by atoms with Crippen molar-refractivity contribution in [3.05, 3.63) is 95.4 Å². The van der Waals surface area contributed by atoms with Gasteiger partial charge in [-0.1, -0.05) is 28.9 Å². The molecule has 1 aliphatic rings. The Hall–Kier alpha value is -3.24. The topological polar surface area (TPSA) is 29.0 Å². The molecule has 27 heavy (non-hydrogen) atoms. The van der Waals surface area contributed by atoms with Crippen molar-refractivity contribution in [3.63, 3.8) is 0 Å². The summed E-state index contributed by atoms with van der Waals surface area (Å²) in [6, 6.07) is 19.9. The fourth-order valence-electron chi connectivity index (χ4n) is 3.22. The van der Waals surface area contributed by atoms with Gasteiger partial charge in [-0.25, -0.2) is 4.39 Å². The van der Waals surface area contributed by atoms with Gasteiger partial charge in [0.2, 0.25) is 11.4 Å². The van der Waals surface area contributed by atoms with Gasteiger partial charge in [-0.05, 0) is 42.5 Å². The average Bonchev–Trinajstić information content (AvgIpc) is 3.06. The first-order valence-electron chi connectivity index (χ1n) is 8.45. The molecule has 2 heterocycles. The van der Waals surface area contributed by atoms with Gasteiger partial charge in [0.15, 0.2) is 12.0 Å². The van der Waals surface area contributed by atoms with Crippen molar-refractivity contribution in [3.8, 4) is 11.3 Å². The van der Waals surface area contributed by atoms with E-state index in [0.29, 0.717) is 16.3 Å². The minimum atomic E-state index is -0.307. The maximum Gasteiger partial charge on any atom is 0.224 e. The van der Waals surface area contributed by atoms with Crippen molar-refractivity contribution in [2.45, 2.75) is 0 Å². The molecule has 0 aliphatic carbocycles. The molecule has 0 spiro atoms.